The van der Waals surface area contributed by atoms with Crippen molar-refractivity contribution < 1.29 is 24.3 Å². The second-order valence-corrected chi connectivity index (χ2v) is 8.32. The van der Waals surface area contributed by atoms with Gasteiger partial charge in [0.15, 0.2) is 5.96 Å². The number of amides is 3. The second-order valence-electron chi connectivity index (χ2n) is 8.32. The van der Waals surface area contributed by atoms with Crippen LogP contribution in [-0.2, 0) is 25.6 Å². The minimum absolute atomic E-state index is 0.0590. The van der Waals surface area contributed by atoms with E-state index in [1.807, 2.05) is 0 Å². The van der Waals surface area contributed by atoms with E-state index in [1.54, 1.807) is 0 Å². The van der Waals surface area contributed by atoms with Gasteiger partial charge >= 0.3 is 5.97 Å². The fraction of sp³-hybridized carbons (Fsp3) is 0.619. The fourth-order valence-electron chi connectivity index (χ4n) is 3.20. The number of nitrogens with zero attached hydrogens (tertiary/aromatic N) is 2. The summed E-state index contributed by atoms with van der Waals surface area (Å²) in [5, 5.41) is 17.1. The zero-order chi connectivity index (χ0) is 27.1. The Morgan fingerprint density at radius 2 is 1.61 bits per heavy atom. The number of H-pyrrole nitrogens is 1. The van der Waals surface area contributed by atoms with Crippen LogP contribution in [0.25, 0.3) is 0 Å². The second kappa shape index (κ2) is 16.0. The van der Waals surface area contributed by atoms with Crippen LogP contribution < -0.4 is 38.9 Å². The molecule has 0 aliphatic carbocycles. The van der Waals surface area contributed by atoms with Crippen molar-refractivity contribution in [2.45, 2.75) is 69.6 Å². The maximum atomic E-state index is 13.1. The van der Waals surface area contributed by atoms with Crippen molar-refractivity contribution in [3.05, 3.63) is 18.2 Å². The van der Waals surface area contributed by atoms with Gasteiger partial charge in [-0.25, -0.2) is 9.78 Å². The molecule has 0 aliphatic rings. The molecular formula is C21H38N10O5. The minimum Gasteiger partial charge on any atom is -0.480 e. The summed E-state index contributed by atoms with van der Waals surface area (Å²) in [6.07, 6.45) is 4.70. The third-order valence-corrected chi connectivity index (χ3v) is 5.17. The molecule has 1 aromatic rings. The van der Waals surface area contributed by atoms with Crippen LogP contribution in [0.5, 0.6) is 0 Å². The van der Waals surface area contributed by atoms with E-state index in [4.69, 9.17) is 22.9 Å². The number of guanidine groups is 1. The number of aliphatic imine (C=N–C) groups is 1. The lowest BCUT2D eigenvalue weighted by Crippen LogP contribution is -2.57. The van der Waals surface area contributed by atoms with Crippen LogP contribution in [0.2, 0.25) is 0 Å². The number of imidazole rings is 1. The van der Waals surface area contributed by atoms with E-state index in [9.17, 15) is 24.3 Å². The van der Waals surface area contributed by atoms with Crippen molar-refractivity contribution in [3.8, 4) is 0 Å². The van der Waals surface area contributed by atoms with Crippen molar-refractivity contribution in [2.75, 3.05) is 13.1 Å². The number of unbranched alkanes of at least 4 members (excludes halogenated alkanes) is 1. The van der Waals surface area contributed by atoms with Crippen LogP contribution in [0.4, 0.5) is 0 Å². The van der Waals surface area contributed by atoms with Crippen molar-refractivity contribution in [1.82, 2.24) is 25.9 Å². The fourth-order valence-corrected chi connectivity index (χ4v) is 3.20. The Labute approximate surface area is 209 Å². The van der Waals surface area contributed by atoms with E-state index in [-0.39, 0.29) is 31.8 Å². The summed E-state index contributed by atoms with van der Waals surface area (Å²) in [6, 6.07) is -4.21. The van der Waals surface area contributed by atoms with Gasteiger partial charge in [-0.2, -0.15) is 0 Å². The SMILES string of the molecule is CC(N)C(=O)NC(Cc1cnc[nH]1)C(=O)NC(CCCN=C(N)N)C(=O)NC(CCCCN)C(=O)O. The number of carboxylic acid groups (broad SMARTS) is 1. The van der Waals surface area contributed by atoms with E-state index in [0.29, 0.717) is 31.5 Å². The topological polar surface area (TPSA) is 270 Å². The minimum atomic E-state index is -1.20. The highest BCUT2D eigenvalue weighted by Crippen LogP contribution is 2.06. The Balaban J connectivity index is 3.02. The standard InChI is InChI=1S/C21H38N10O5/c1-12(23)17(32)31-16(9-13-10-26-11-28-13)19(34)29-14(6-4-8-27-21(24)25)18(33)30-15(20(35)36)5-2-3-7-22/h10-12,14-16H,2-9,22-23H2,1H3,(H,26,28)(H,29,34)(H,30,33)(H,31,32)(H,35,36)(H4,24,25,27). The smallest absolute Gasteiger partial charge is 0.326 e. The molecule has 202 valence electrons. The third kappa shape index (κ3) is 11.6. The first-order chi connectivity index (χ1) is 17.0. The van der Waals surface area contributed by atoms with Gasteiger partial charge in [-0.15, -0.1) is 0 Å². The highest BCUT2D eigenvalue weighted by molar-refractivity contribution is 5.94. The lowest BCUT2D eigenvalue weighted by atomic mass is 10.1. The van der Waals surface area contributed by atoms with Crippen molar-refractivity contribution >= 4 is 29.7 Å². The Morgan fingerprint density at radius 1 is 1.00 bits per heavy atom. The predicted molar refractivity (Wildman–Crippen MR) is 132 cm³/mol. The Bertz CT molecular complexity index is 870. The molecule has 0 aliphatic heterocycles. The Morgan fingerprint density at radius 3 is 2.17 bits per heavy atom. The number of rotatable bonds is 17. The molecule has 15 heteroatoms. The number of aliphatic carboxylic acids is 1. The Kier molecular flexibility index (Phi) is 13.5. The number of hydrogen-bond donors (Lipinski definition) is 9. The highest BCUT2D eigenvalue weighted by Gasteiger charge is 2.30. The number of nitrogens with two attached hydrogens (primary N) is 4. The van der Waals surface area contributed by atoms with Gasteiger partial charge in [0, 0.05) is 24.9 Å². The molecule has 0 radical (unpaired) electrons. The van der Waals surface area contributed by atoms with Gasteiger partial charge in [-0.1, -0.05) is 0 Å². The number of nitrogens with one attached hydrogen (secondary N) is 4. The molecule has 0 aromatic carbocycles. The molecule has 4 atom stereocenters. The maximum absolute atomic E-state index is 13.1. The number of hydrogen-bond acceptors (Lipinski definition) is 8. The van der Waals surface area contributed by atoms with Crippen molar-refractivity contribution in [1.29, 1.82) is 0 Å². The average Bonchev–Trinajstić information content (AvgIpc) is 3.32. The summed E-state index contributed by atoms with van der Waals surface area (Å²) in [7, 11) is 0. The van der Waals surface area contributed by atoms with Crippen LogP contribution >= 0.6 is 0 Å². The van der Waals surface area contributed by atoms with Gasteiger partial charge in [0.1, 0.15) is 18.1 Å². The Hall–Kier alpha value is -3.72. The maximum Gasteiger partial charge on any atom is 0.326 e. The number of aromatic amines is 1. The normalized spacial score (nSPS) is 14.1. The summed E-state index contributed by atoms with van der Waals surface area (Å²) in [6.45, 7) is 2.06. The van der Waals surface area contributed by atoms with Crippen LogP contribution in [0.15, 0.2) is 17.5 Å². The quantitative estimate of drug-likeness (QED) is 0.0582. The van der Waals surface area contributed by atoms with Gasteiger partial charge in [-0.05, 0) is 45.6 Å². The molecule has 1 aromatic heterocycles. The molecule has 36 heavy (non-hydrogen) atoms. The van der Waals surface area contributed by atoms with E-state index in [0.717, 1.165) is 0 Å². The molecule has 0 saturated heterocycles. The van der Waals surface area contributed by atoms with Crippen LogP contribution in [0.3, 0.4) is 0 Å². The first-order valence-corrected chi connectivity index (χ1v) is 11.7. The summed E-state index contributed by atoms with van der Waals surface area (Å²) >= 11 is 0. The molecule has 1 rings (SSSR count). The lowest BCUT2D eigenvalue weighted by molar-refractivity contribution is -0.142. The van der Waals surface area contributed by atoms with Crippen molar-refractivity contribution in [3.63, 3.8) is 0 Å². The summed E-state index contributed by atoms with van der Waals surface area (Å²) in [5.41, 5.74) is 22.3. The molecule has 0 saturated carbocycles. The highest BCUT2D eigenvalue weighted by atomic mass is 16.4. The zero-order valence-corrected chi connectivity index (χ0v) is 20.4. The molecule has 0 bridgehead atoms. The van der Waals surface area contributed by atoms with E-state index >= 15 is 0 Å². The third-order valence-electron chi connectivity index (χ3n) is 5.17. The average molecular weight is 511 g/mol. The van der Waals surface area contributed by atoms with Gasteiger partial charge in [-0.3, -0.25) is 19.4 Å². The van der Waals surface area contributed by atoms with Crippen LogP contribution in [-0.4, -0.2) is 82.0 Å². The van der Waals surface area contributed by atoms with Gasteiger partial charge in [0.05, 0.1) is 12.4 Å². The number of carbonyl (C=O) groups excluding carboxylic acids is 3. The molecule has 0 fully saturated rings. The van der Waals surface area contributed by atoms with Gasteiger partial charge < -0.3 is 49.0 Å². The first kappa shape index (κ1) is 30.3. The summed E-state index contributed by atoms with van der Waals surface area (Å²) < 4.78 is 0. The molecule has 4 unspecified atom stereocenters. The molecule has 0 spiro atoms. The van der Waals surface area contributed by atoms with E-state index in [1.165, 1.54) is 19.4 Å². The van der Waals surface area contributed by atoms with Gasteiger partial charge in [0.25, 0.3) is 0 Å². The lowest BCUT2D eigenvalue weighted by Gasteiger charge is -2.25. The van der Waals surface area contributed by atoms with E-state index in [2.05, 4.69) is 30.9 Å². The van der Waals surface area contributed by atoms with E-state index < -0.39 is 47.9 Å². The first-order valence-electron chi connectivity index (χ1n) is 11.7. The monoisotopic (exact) mass is 510 g/mol. The largest absolute Gasteiger partial charge is 0.480 e. The van der Waals surface area contributed by atoms with Crippen LogP contribution in [0, 0.1) is 0 Å². The number of aromatic nitrogens is 2. The van der Waals surface area contributed by atoms with Gasteiger partial charge in [0.2, 0.25) is 17.7 Å². The molecule has 13 N–H and O–H groups in total. The molecule has 3 amide bonds. The number of carboxylic acids is 1. The van der Waals surface area contributed by atoms with Crippen LogP contribution in [0.1, 0.15) is 44.7 Å². The van der Waals surface area contributed by atoms with Crippen molar-refractivity contribution in [2.24, 2.45) is 27.9 Å². The molecular weight excluding hydrogens is 472 g/mol. The molecule has 1 heterocycles. The zero-order valence-electron chi connectivity index (χ0n) is 20.4. The number of carbonyl (C=O) groups is 4. The molecule has 15 nitrogen and oxygen atoms in total. The predicted octanol–water partition coefficient (Wildman–Crippen LogP) is -2.98. The summed E-state index contributed by atoms with van der Waals surface area (Å²) in [4.78, 5) is 60.6. The summed E-state index contributed by atoms with van der Waals surface area (Å²) in [5.74, 6) is -3.23.